The predicted molar refractivity (Wildman–Crippen MR) is 55.8 cm³/mol. The van der Waals surface area contributed by atoms with Crippen LogP contribution >= 0.6 is 15.9 Å². The van der Waals surface area contributed by atoms with Crippen molar-refractivity contribution in [3.63, 3.8) is 0 Å². The van der Waals surface area contributed by atoms with Gasteiger partial charge in [-0.3, -0.25) is 0 Å². The Hall–Kier alpha value is -0.280. The summed E-state index contributed by atoms with van der Waals surface area (Å²) in [6.45, 7) is 1.11. The first-order valence-corrected chi connectivity index (χ1v) is 5.50. The fraction of sp³-hybridized carbons (Fsp3) is 0.600. The fourth-order valence-electron chi connectivity index (χ4n) is 2.03. The molecule has 2 rings (SSSR count). The molecule has 0 aromatic carbocycles. The second-order valence-corrected chi connectivity index (χ2v) is 4.45. The van der Waals surface area contributed by atoms with Crippen LogP contribution in [0.1, 0.15) is 17.7 Å². The van der Waals surface area contributed by atoms with Crippen LogP contribution in [-0.4, -0.2) is 13.6 Å². The Balaban J connectivity index is 2.10. The Morgan fingerprint density at radius 3 is 3.31 bits per heavy atom. The average molecular weight is 244 g/mol. The summed E-state index contributed by atoms with van der Waals surface area (Å²) in [5.41, 5.74) is 1.39. The van der Waals surface area contributed by atoms with Gasteiger partial charge in [-0.25, -0.2) is 0 Å². The van der Waals surface area contributed by atoms with E-state index in [2.05, 4.69) is 27.3 Å². The molecule has 1 aromatic heterocycles. The number of fused-ring (bicyclic) bond motifs is 1. The largest absolute Gasteiger partial charge is 0.454 e. The summed E-state index contributed by atoms with van der Waals surface area (Å²) in [6.07, 6.45) is 3.49. The van der Waals surface area contributed by atoms with Crippen LogP contribution in [0.5, 0.6) is 0 Å². The Labute approximate surface area is 86.8 Å². The molecule has 3 heteroatoms. The minimum Gasteiger partial charge on any atom is -0.454 e. The van der Waals surface area contributed by atoms with Crippen molar-refractivity contribution in [3.05, 3.63) is 22.1 Å². The van der Waals surface area contributed by atoms with Crippen LogP contribution in [0, 0.1) is 5.92 Å². The third kappa shape index (κ3) is 1.97. The number of halogens is 1. The fourth-order valence-corrected chi connectivity index (χ4v) is 2.50. The lowest BCUT2D eigenvalue weighted by Gasteiger charge is -2.20. The molecule has 72 valence electrons. The smallest absolute Gasteiger partial charge is 0.169 e. The first-order chi connectivity index (χ1) is 6.29. The van der Waals surface area contributed by atoms with E-state index in [1.54, 1.807) is 0 Å². The highest BCUT2D eigenvalue weighted by atomic mass is 79.9. The van der Waals surface area contributed by atoms with Crippen LogP contribution < -0.4 is 5.32 Å². The number of rotatable bonds is 2. The summed E-state index contributed by atoms with van der Waals surface area (Å²) in [5.74, 6) is 1.96. The van der Waals surface area contributed by atoms with Gasteiger partial charge < -0.3 is 9.73 Å². The van der Waals surface area contributed by atoms with E-state index in [-0.39, 0.29) is 0 Å². The van der Waals surface area contributed by atoms with E-state index < -0.39 is 0 Å². The Kier molecular flexibility index (Phi) is 2.74. The molecule has 1 aliphatic rings. The maximum Gasteiger partial charge on any atom is 0.169 e. The van der Waals surface area contributed by atoms with Crippen molar-refractivity contribution in [2.75, 3.05) is 13.6 Å². The molecule has 1 N–H and O–H groups in total. The van der Waals surface area contributed by atoms with Crippen LogP contribution in [0.25, 0.3) is 0 Å². The molecule has 0 saturated heterocycles. The zero-order valence-electron chi connectivity index (χ0n) is 7.77. The summed E-state index contributed by atoms with van der Waals surface area (Å²) in [4.78, 5) is 0. The molecule has 1 aromatic rings. The van der Waals surface area contributed by atoms with Gasteiger partial charge in [0.25, 0.3) is 0 Å². The van der Waals surface area contributed by atoms with Crippen molar-refractivity contribution in [1.82, 2.24) is 5.32 Å². The molecule has 0 aliphatic heterocycles. The molecule has 1 heterocycles. The first kappa shape index (κ1) is 9.28. The number of hydrogen-bond acceptors (Lipinski definition) is 2. The van der Waals surface area contributed by atoms with E-state index in [9.17, 15) is 0 Å². The molecule has 0 bridgehead atoms. The Morgan fingerprint density at radius 1 is 1.69 bits per heavy atom. The van der Waals surface area contributed by atoms with E-state index in [0.717, 1.165) is 30.0 Å². The van der Waals surface area contributed by atoms with Crippen molar-refractivity contribution < 1.29 is 4.42 Å². The van der Waals surface area contributed by atoms with Crippen LogP contribution in [-0.2, 0) is 12.8 Å². The van der Waals surface area contributed by atoms with E-state index in [1.807, 2.05) is 7.05 Å². The molecular weight excluding hydrogens is 230 g/mol. The molecule has 0 spiro atoms. The highest BCUT2D eigenvalue weighted by molar-refractivity contribution is 9.10. The number of hydrogen-bond donors (Lipinski definition) is 1. The van der Waals surface area contributed by atoms with Gasteiger partial charge in [-0.2, -0.15) is 0 Å². The Bertz CT molecular complexity index is 295. The molecule has 13 heavy (non-hydrogen) atoms. The van der Waals surface area contributed by atoms with Crippen LogP contribution in [0.2, 0.25) is 0 Å². The lowest BCUT2D eigenvalue weighted by atomic mass is 9.88. The molecule has 2 nitrogen and oxygen atoms in total. The standard InChI is InChI=1S/C10H14BrNO/c1-12-6-7-2-3-9-8(4-7)5-10(11)13-9/h5,7,12H,2-4,6H2,1H3. The lowest BCUT2D eigenvalue weighted by Crippen LogP contribution is -2.24. The minimum atomic E-state index is 0.780. The molecule has 0 fully saturated rings. The van der Waals surface area contributed by atoms with Gasteiger partial charge in [0, 0.05) is 6.42 Å². The van der Waals surface area contributed by atoms with Gasteiger partial charge in [-0.05, 0) is 59.9 Å². The molecule has 1 aliphatic carbocycles. The highest BCUT2D eigenvalue weighted by Crippen LogP contribution is 2.29. The van der Waals surface area contributed by atoms with Crippen molar-refractivity contribution in [2.24, 2.45) is 5.92 Å². The third-order valence-electron chi connectivity index (χ3n) is 2.65. The maximum absolute atomic E-state index is 5.53. The lowest BCUT2D eigenvalue weighted by molar-refractivity contribution is 0.390. The maximum atomic E-state index is 5.53. The summed E-state index contributed by atoms with van der Waals surface area (Å²) in [6, 6.07) is 2.11. The van der Waals surface area contributed by atoms with E-state index in [0.29, 0.717) is 0 Å². The van der Waals surface area contributed by atoms with Gasteiger partial charge in [-0.15, -0.1) is 0 Å². The Morgan fingerprint density at radius 2 is 2.54 bits per heavy atom. The highest BCUT2D eigenvalue weighted by Gasteiger charge is 2.21. The molecular formula is C10H14BrNO. The monoisotopic (exact) mass is 243 g/mol. The van der Waals surface area contributed by atoms with Gasteiger partial charge in [0.15, 0.2) is 4.67 Å². The zero-order valence-corrected chi connectivity index (χ0v) is 9.36. The van der Waals surface area contributed by atoms with Crippen LogP contribution in [0.15, 0.2) is 15.2 Å². The predicted octanol–water partition coefficient (Wildman–Crippen LogP) is 2.37. The molecule has 1 atom stereocenters. The summed E-state index contributed by atoms with van der Waals surface area (Å²) in [5, 5.41) is 3.23. The summed E-state index contributed by atoms with van der Waals surface area (Å²) >= 11 is 3.37. The van der Waals surface area contributed by atoms with Gasteiger partial charge in [0.05, 0.1) is 0 Å². The molecule has 0 radical (unpaired) electrons. The number of furan rings is 1. The van der Waals surface area contributed by atoms with Crippen molar-refractivity contribution >= 4 is 15.9 Å². The van der Waals surface area contributed by atoms with Crippen LogP contribution in [0.3, 0.4) is 0 Å². The average Bonchev–Trinajstić information content (AvgIpc) is 2.44. The normalized spacial score (nSPS) is 21.5. The second kappa shape index (κ2) is 3.84. The van der Waals surface area contributed by atoms with Gasteiger partial charge in [0.1, 0.15) is 5.76 Å². The van der Waals surface area contributed by atoms with E-state index in [1.165, 1.54) is 17.7 Å². The topological polar surface area (TPSA) is 25.2 Å². The quantitative estimate of drug-likeness (QED) is 0.863. The molecule has 1 unspecified atom stereocenters. The van der Waals surface area contributed by atoms with Crippen LogP contribution in [0.4, 0.5) is 0 Å². The second-order valence-electron chi connectivity index (χ2n) is 3.67. The number of nitrogens with one attached hydrogen (secondary N) is 1. The minimum absolute atomic E-state index is 0.780. The summed E-state index contributed by atoms with van der Waals surface area (Å²) in [7, 11) is 2.01. The van der Waals surface area contributed by atoms with E-state index >= 15 is 0 Å². The van der Waals surface area contributed by atoms with Crippen molar-refractivity contribution in [1.29, 1.82) is 0 Å². The van der Waals surface area contributed by atoms with Gasteiger partial charge in [-0.1, -0.05) is 0 Å². The third-order valence-corrected chi connectivity index (χ3v) is 3.04. The first-order valence-electron chi connectivity index (χ1n) is 4.71. The van der Waals surface area contributed by atoms with Crippen molar-refractivity contribution in [3.8, 4) is 0 Å². The van der Waals surface area contributed by atoms with E-state index in [4.69, 9.17) is 4.42 Å². The van der Waals surface area contributed by atoms with Gasteiger partial charge in [0.2, 0.25) is 0 Å². The molecule has 0 saturated carbocycles. The zero-order chi connectivity index (χ0) is 9.26. The summed E-state index contributed by atoms with van der Waals surface area (Å²) < 4.78 is 6.41. The molecule has 0 amide bonds. The SMILES string of the molecule is CNCC1CCc2oc(Br)cc2C1. The van der Waals surface area contributed by atoms with Gasteiger partial charge >= 0.3 is 0 Å². The van der Waals surface area contributed by atoms with Crippen molar-refractivity contribution in [2.45, 2.75) is 19.3 Å². The number of aryl methyl sites for hydroxylation is 1.